The number of aromatic amines is 1. The number of primary amides is 1. The van der Waals surface area contributed by atoms with Crippen molar-refractivity contribution in [3.8, 4) is 0 Å². The van der Waals surface area contributed by atoms with Crippen LogP contribution in [0.4, 0.5) is 26.1 Å². The minimum Gasteiger partial charge on any atom is -0.396 e. The van der Waals surface area contributed by atoms with E-state index in [0.29, 0.717) is 22.4 Å². The second kappa shape index (κ2) is 12.7. The van der Waals surface area contributed by atoms with Gasteiger partial charge in [0.25, 0.3) is 5.91 Å². The highest BCUT2D eigenvalue weighted by Gasteiger charge is 2.17. The second-order valence-electron chi connectivity index (χ2n) is 8.95. The topological polar surface area (TPSA) is 159 Å². The van der Waals surface area contributed by atoms with Gasteiger partial charge in [-0.05, 0) is 38.1 Å². The zero-order chi connectivity index (χ0) is 29.6. The van der Waals surface area contributed by atoms with Gasteiger partial charge in [-0.3, -0.25) is 4.79 Å². The van der Waals surface area contributed by atoms with E-state index in [0.717, 1.165) is 12.3 Å². The third kappa shape index (κ3) is 6.20. The number of rotatable bonds is 7. The number of halogens is 2. The number of carbonyl (C=O) groups excluding carboxylic acids is 1. The number of H-pyrrole nitrogens is 1. The lowest BCUT2D eigenvalue weighted by atomic mass is 10.1. The number of aliphatic imine (C=N–C) groups is 1. The standard InChI is InChI=1S/C25H22F2N8O.C4H10/c1-11-6-7-14(24(32-11)35-25-16(26)5-4-8-31-25)13(3)33-22(23(30)36)21-12(2)19-15(10-28)20(29)17(27)9-18(19)34-21;1-3-4-2/h4-10,28,34H,2,29H2,1,3H3,(H2,30,36)(H,31,32,35);3-4H2,1-2H3/b22-21+,28-10?,33-13?;. The van der Waals surface area contributed by atoms with Crippen LogP contribution in [-0.4, -0.2) is 32.8 Å². The first-order chi connectivity index (χ1) is 19.0. The number of aryl methyl sites for hydroxylation is 1. The molecule has 4 rings (SSSR count). The molecule has 0 bridgehead atoms. The van der Waals surface area contributed by atoms with Gasteiger partial charge in [0, 0.05) is 51.6 Å². The van der Waals surface area contributed by atoms with Gasteiger partial charge >= 0.3 is 0 Å². The summed E-state index contributed by atoms with van der Waals surface area (Å²) in [6.07, 6.45) is 4.99. The third-order valence-corrected chi connectivity index (χ3v) is 6.03. The summed E-state index contributed by atoms with van der Waals surface area (Å²) in [5, 5.41) is 11.3. The highest BCUT2D eigenvalue weighted by molar-refractivity contribution is 6.17. The maximum Gasteiger partial charge on any atom is 0.269 e. The SMILES string of the molecule is C=c1/c(=C(\N=C(C)c2ccc(C)nc2Nc2ncccc2F)C(N)=O)[nH]c2cc(F)c(N)c(C=N)c12.CCCC. The van der Waals surface area contributed by atoms with Crippen LogP contribution in [0.2, 0.25) is 0 Å². The first-order valence-electron chi connectivity index (χ1n) is 12.6. The summed E-state index contributed by atoms with van der Waals surface area (Å²) in [7, 11) is 0. The number of anilines is 3. The van der Waals surface area contributed by atoms with E-state index in [1.807, 2.05) is 0 Å². The van der Waals surface area contributed by atoms with Gasteiger partial charge in [-0.1, -0.05) is 33.3 Å². The molecule has 9 nitrogen and oxygen atoms in total. The van der Waals surface area contributed by atoms with Crippen LogP contribution in [0.1, 0.15) is 50.4 Å². The normalized spacial score (nSPS) is 12.0. The molecule has 0 aliphatic carbocycles. The average molecular weight is 547 g/mol. The summed E-state index contributed by atoms with van der Waals surface area (Å²) < 4.78 is 28.5. The van der Waals surface area contributed by atoms with Crippen molar-refractivity contribution in [3.05, 3.63) is 75.6 Å². The number of amides is 1. The molecule has 0 aliphatic heterocycles. The summed E-state index contributed by atoms with van der Waals surface area (Å²) in [6, 6.07) is 7.32. The third-order valence-electron chi connectivity index (χ3n) is 6.03. The minimum atomic E-state index is -0.874. The lowest BCUT2D eigenvalue weighted by Crippen LogP contribution is -2.30. The lowest BCUT2D eigenvalue weighted by Gasteiger charge is -2.12. The van der Waals surface area contributed by atoms with Gasteiger partial charge in [0.1, 0.15) is 11.6 Å². The van der Waals surface area contributed by atoms with E-state index in [-0.39, 0.29) is 44.7 Å². The number of benzene rings is 1. The number of aromatic nitrogens is 3. The molecule has 0 saturated carbocycles. The van der Waals surface area contributed by atoms with Crippen molar-refractivity contribution in [1.29, 1.82) is 5.41 Å². The Kier molecular flexibility index (Phi) is 9.44. The molecule has 1 aromatic carbocycles. The Bertz CT molecular complexity index is 1720. The first kappa shape index (κ1) is 29.6. The summed E-state index contributed by atoms with van der Waals surface area (Å²) in [6.45, 7) is 11.7. The predicted molar refractivity (Wildman–Crippen MR) is 157 cm³/mol. The molecule has 0 unspecified atom stereocenters. The molecule has 1 amide bonds. The molecular formula is C29H32F2N8O. The fraction of sp³-hybridized carbons (Fsp3) is 0.207. The maximum atomic E-state index is 14.3. The molecule has 0 fully saturated rings. The van der Waals surface area contributed by atoms with Gasteiger partial charge in [-0.25, -0.2) is 23.7 Å². The first-order valence-corrected chi connectivity index (χ1v) is 12.6. The number of nitrogens with two attached hydrogens (primary N) is 2. The second-order valence-corrected chi connectivity index (χ2v) is 8.95. The molecule has 0 atom stereocenters. The van der Waals surface area contributed by atoms with Gasteiger partial charge in [0.2, 0.25) is 0 Å². The fourth-order valence-corrected chi connectivity index (χ4v) is 3.79. The predicted octanol–water partition coefficient (Wildman–Crippen LogP) is 4.19. The number of nitrogens with zero attached hydrogens (tertiary/aromatic N) is 3. The Hall–Kier alpha value is -4.93. The largest absolute Gasteiger partial charge is 0.396 e. The van der Waals surface area contributed by atoms with E-state index < -0.39 is 17.5 Å². The highest BCUT2D eigenvalue weighted by Crippen LogP contribution is 2.23. The van der Waals surface area contributed by atoms with Crippen LogP contribution in [0.5, 0.6) is 0 Å². The highest BCUT2D eigenvalue weighted by atomic mass is 19.1. The van der Waals surface area contributed by atoms with Gasteiger partial charge in [-0.2, -0.15) is 0 Å². The quantitative estimate of drug-likeness (QED) is 0.173. The number of unbranched alkanes of at least 4 members (excludes halogenated alkanes) is 1. The van der Waals surface area contributed by atoms with E-state index in [1.54, 1.807) is 26.0 Å². The molecule has 7 N–H and O–H groups in total. The fourth-order valence-electron chi connectivity index (χ4n) is 3.79. The van der Waals surface area contributed by atoms with Crippen molar-refractivity contribution in [1.82, 2.24) is 15.0 Å². The van der Waals surface area contributed by atoms with Crippen molar-refractivity contribution < 1.29 is 13.6 Å². The number of pyridine rings is 2. The van der Waals surface area contributed by atoms with E-state index in [2.05, 4.69) is 45.7 Å². The van der Waals surface area contributed by atoms with Crippen LogP contribution in [0.3, 0.4) is 0 Å². The Balaban J connectivity index is 0.00000103. The molecule has 208 valence electrons. The molecule has 3 aromatic heterocycles. The van der Waals surface area contributed by atoms with Crippen molar-refractivity contribution in [2.45, 2.75) is 40.5 Å². The van der Waals surface area contributed by atoms with E-state index in [9.17, 15) is 13.6 Å². The number of hydrogen-bond donors (Lipinski definition) is 5. The van der Waals surface area contributed by atoms with Crippen LogP contribution in [0.25, 0.3) is 23.2 Å². The molecular weight excluding hydrogens is 514 g/mol. The molecule has 0 saturated heterocycles. The van der Waals surface area contributed by atoms with Crippen LogP contribution >= 0.6 is 0 Å². The number of nitrogens with one attached hydrogen (secondary N) is 3. The van der Waals surface area contributed by atoms with Gasteiger partial charge < -0.3 is 27.2 Å². The maximum absolute atomic E-state index is 14.3. The summed E-state index contributed by atoms with van der Waals surface area (Å²) in [5.41, 5.74) is 12.9. The molecule has 3 heterocycles. The van der Waals surface area contributed by atoms with Crippen molar-refractivity contribution in [2.75, 3.05) is 11.1 Å². The summed E-state index contributed by atoms with van der Waals surface area (Å²) in [4.78, 5) is 28.2. The Morgan fingerprint density at radius 3 is 2.50 bits per heavy atom. The number of carbonyl (C=O) groups is 1. The van der Waals surface area contributed by atoms with Crippen LogP contribution in [0.15, 0.2) is 41.5 Å². The molecule has 0 spiro atoms. The van der Waals surface area contributed by atoms with Gasteiger partial charge in [0.15, 0.2) is 17.3 Å². The van der Waals surface area contributed by atoms with Crippen LogP contribution in [0, 0.1) is 24.0 Å². The monoisotopic (exact) mass is 546 g/mol. The smallest absolute Gasteiger partial charge is 0.269 e. The Morgan fingerprint density at radius 1 is 1.20 bits per heavy atom. The number of fused-ring (bicyclic) bond motifs is 1. The van der Waals surface area contributed by atoms with E-state index in [4.69, 9.17) is 16.9 Å². The van der Waals surface area contributed by atoms with E-state index in [1.165, 1.54) is 31.2 Å². The Morgan fingerprint density at radius 2 is 1.90 bits per heavy atom. The summed E-state index contributed by atoms with van der Waals surface area (Å²) in [5.74, 6) is -1.93. The van der Waals surface area contributed by atoms with Crippen LogP contribution in [-0.2, 0) is 4.79 Å². The Labute approximate surface area is 230 Å². The van der Waals surface area contributed by atoms with Crippen LogP contribution < -0.4 is 27.4 Å². The van der Waals surface area contributed by atoms with Crippen molar-refractivity contribution in [3.63, 3.8) is 0 Å². The van der Waals surface area contributed by atoms with Gasteiger partial charge in [-0.15, -0.1) is 0 Å². The average Bonchev–Trinajstić information content (AvgIpc) is 3.24. The van der Waals surface area contributed by atoms with Gasteiger partial charge in [0.05, 0.1) is 16.6 Å². The zero-order valence-electron chi connectivity index (χ0n) is 22.8. The van der Waals surface area contributed by atoms with Crippen molar-refractivity contribution >= 4 is 58.3 Å². The zero-order valence-corrected chi connectivity index (χ0v) is 22.8. The van der Waals surface area contributed by atoms with E-state index >= 15 is 0 Å². The number of nitrogen functional groups attached to an aromatic ring is 1. The number of hydrogen-bond acceptors (Lipinski definition) is 7. The lowest BCUT2D eigenvalue weighted by molar-refractivity contribution is -0.113. The van der Waals surface area contributed by atoms with Crippen molar-refractivity contribution in [2.24, 2.45) is 10.7 Å². The molecule has 40 heavy (non-hydrogen) atoms. The molecule has 11 heteroatoms. The molecule has 4 aromatic rings. The molecule has 0 radical (unpaired) electrons. The summed E-state index contributed by atoms with van der Waals surface area (Å²) >= 11 is 0. The molecule has 0 aliphatic rings. The minimum absolute atomic E-state index is 0.0294.